The summed E-state index contributed by atoms with van der Waals surface area (Å²) in [5, 5.41) is 0. The average molecular weight is 421 g/mol. The molecule has 4 fully saturated rings. The maximum atomic E-state index is 13.5. The van der Waals surface area contributed by atoms with Crippen molar-refractivity contribution in [3.63, 3.8) is 0 Å². The third kappa shape index (κ3) is 3.27. The quantitative estimate of drug-likeness (QED) is 0.674. The van der Waals surface area contributed by atoms with E-state index >= 15 is 0 Å². The molecule has 4 heterocycles. The van der Waals surface area contributed by atoms with E-state index in [1.807, 2.05) is 21.6 Å². The third-order valence-electron chi connectivity index (χ3n) is 8.11. The monoisotopic (exact) mass is 420 g/mol. The zero-order chi connectivity index (χ0) is 21.5. The van der Waals surface area contributed by atoms with Crippen molar-refractivity contribution in [2.45, 2.75) is 39.0 Å². The molecule has 2 spiro atoms. The van der Waals surface area contributed by atoms with Crippen LogP contribution in [0.25, 0.3) is 0 Å². The average Bonchev–Trinajstić information content (AvgIpc) is 3.26. The molecular weight excluding hydrogens is 384 g/mol. The molecule has 8 nitrogen and oxygen atoms in total. The molecule has 30 heavy (non-hydrogen) atoms. The van der Waals surface area contributed by atoms with Gasteiger partial charge in [-0.2, -0.15) is 0 Å². The van der Waals surface area contributed by atoms with Gasteiger partial charge < -0.3 is 24.3 Å². The van der Waals surface area contributed by atoms with Crippen LogP contribution in [0.4, 0.5) is 4.79 Å². The number of likely N-dealkylation sites (tertiary alicyclic amines) is 3. The van der Waals surface area contributed by atoms with E-state index in [4.69, 9.17) is 4.74 Å². The number of ether oxygens (including phenoxy) is 1. The summed E-state index contributed by atoms with van der Waals surface area (Å²) in [7, 11) is 3.54. The summed E-state index contributed by atoms with van der Waals surface area (Å²) < 4.78 is 5.41. The SMILES string of the molecule is CCN1CC[C@@]2(CN(C(=O)N(C)C)CC23CCN(C(=O)C2CCOCC2)CC3)C1=O. The van der Waals surface area contributed by atoms with Gasteiger partial charge in [-0.15, -0.1) is 0 Å². The Labute approximate surface area is 179 Å². The first-order valence-corrected chi connectivity index (χ1v) is 11.5. The van der Waals surface area contributed by atoms with Crippen LogP contribution < -0.4 is 0 Å². The molecule has 0 aromatic carbocycles. The van der Waals surface area contributed by atoms with Gasteiger partial charge in [-0.1, -0.05) is 0 Å². The number of hydrogen-bond donors (Lipinski definition) is 0. The maximum Gasteiger partial charge on any atom is 0.319 e. The van der Waals surface area contributed by atoms with Crippen molar-refractivity contribution in [1.29, 1.82) is 0 Å². The van der Waals surface area contributed by atoms with E-state index in [1.54, 1.807) is 19.0 Å². The van der Waals surface area contributed by atoms with Gasteiger partial charge in [0.2, 0.25) is 11.8 Å². The molecule has 0 aromatic heterocycles. The van der Waals surface area contributed by atoms with Crippen molar-refractivity contribution in [2.75, 3.05) is 66.6 Å². The Kier molecular flexibility index (Phi) is 5.72. The smallest absolute Gasteiger partial charge is 0.319 e. The number of hydrogen-bond acceptors (Lipinski definition) is 4. The van der Waals surface area contributed by atoms with Gasteiger partial charge in [0, 0.05) is 77.9 Å². The number of rotatable bonds is 2. The molecule has 0 unspecified atom stereocenters. The number of fused-ring (bicyclic) bond motifs is 1. The van der Waals surface area contributed by atoms with Crippen molar-refractivity contribution < 1.29 is 19.1 Å². The molecule has 0 bridgehead atoms. The number of amides is 4. The number of nitrogens with zero attached hydrogens (tertiary/aromatic N) is 4. The lowest BCUT2D eigenvalue weighted by Crippen LogP contribution is -2.54. The third-order valence-corrected chi connectivity index (χ3v) is 8.11. The maximum absolute atomic E-state index is 13.5. The van der Waals surface area contributed by atoms with Crippen LogP contribution in [0.3, 0.4) is 0 Å². The van der Waals surface area contributed by atoms with Crippen LogP contribution in [-0.4, -0.2) is 104 Å². The molecular formula is C22H36N4O4. The van der Waals surface area contributed by atoms with E-state index in [9.17, 15) is 14.4 Å². The van der Waals surface area contributed by atoms with Crippen LogP contribution in [0.15, 0.2) is 0 Å². The topological polar surface area (TPSA) is 73.4 Å². The van der Waals surface area contributed by atoms with Crippen LogP contribution in [0.2, 0.25) is 0 Å². The largest absolute Gasteiger partial charge is 0.381 e. The van der Waals surface area contributed by atoms with Gasteiger partial charge in [-0.3, -0.25) is 9.59 Å². The number of urea groups is 1. The normalized spacial score (nSPS) is 29.3. The van der Waals surface area contributed by atoms with Gasteiger partial charge in [0.05, 0.1) is 5.41 Å². The van der Waals surface area contributed by atoms with Gasteiger partial charge >= 0.3 is 6.03 Å². The lowest BCUT2D eigenvalue weighted by Gasteiger charge is -2.47. The number of carbonyl (C=O) groups is 3. The Balaban J connectivity index is 1.54. The standard InChI is InChI=1S/C22H36N4O4/c1-4-24-12-9-22(19(24)28)16-26(20(29)23(2)3)15-21(22)7-10-25(11-8-21)18(27)17-5-13-30-14-6-17/h17H,4-16H2,1-3H3/t22-/m1/s1. The highest BCUT2D eigenvalue weighted by Crippen LogP contribution is 2.58. The summed E-state index contributed by atoms with van der Waals surface area (Å²) in [5.74, 6) is 0.526. The second-order valence-corrected chi connectivity index (χ2v) is 9.74. The van der Waals surface area contributed by atoms with Gasteiger partial charge in [0.25, 0.3) is 0 Å². The molecule has 8 heteroatoms. The summed E-state index contributed by atoms with van der Waals surface area (Å²) in [6.45, 7) is 7.33. The zero-order valence-corrected chi connectivity index (χ0v) is 18.7. The van der Waals surface area contributed by atoms with Crippen molar-refractivity contribution in [3.8, 4) is 0 Å². The van der Waals surface area contributed by atoms with Crippen LogP contribution in [-0.2, 0) is 14.3 Å². The summed E-state index contributed by atoms with van der Waals surface area (Å²) in [6, 6.07) is -0.0188. The van der Waals surface area contributed by atoms with E-state index in [-0.39, 0.29) is 29.2 Å². The molecule has 0 N–H and O–H groups in total. The van der Waals surface area contributed by atoms with E-state index in [0.29, 0.717) is 45.9 Å². The molecule has 1 atom stereocenters. The lowest BCUT2D eigenvalue weighted by molar-refractivity contribution is -0.146. The fourth-order valence-electron chi connectivity index (χ4n) is 6.26. The Hall–Kier alpha value is -1.83. The van der Waals surface area contributed by atoms with E-state index in [1.165, 1.54) is 0 Å². The Morgan fingerprint density at radius 3 is 2.27 bits per heavy atom. The van der Waals surface area contributed by atoms with Crippen LogP contribution in [0.5, 0.6) is 0 Å². The van der Waals surface area contributed by atoms with Gasteiger partial charge in [0.1, 0.15) is 0 Å². The van der Waals surface area contributed by atoms with Crippen molar-refractivity contribution in [3.05, 3.63) is 0 Å². The van der Waals surface area contributed by atoms with E-state index < -0.39 is 5.41 Å². The summed E-state index contributed by atoms with van der Waals surface area (Å²) in [5.41, 5.74) is -0.728. The summed E-state index contributed by atoms with van der Waals surface area (Å²) in [6.07, 6.45) is 4.01. The minimum Gasteiger partial charge on any atom is -0.381 e. The minimum absolute atomic E-state index is 0.0188. The van der Waals surface area contributed by atoms with Gasteiger partial charge in [0.15, 0.2) is 0 Å². The highest BCUT2D eigenvalue weighted by molar-refractivity contribution is 5.88. The minimum atomic E-state index is -0.498. The van der Waals surface area contributed by atoms with Crippen molar-refractivity contribution >= 4 is 17.8 Å². The Morgan fingerprint density at radius 1 is 1.03 bits per heavy atom. The molecule has 4 rings (SSSR count). The Morgan fingerprint density at radius 2 is 1.70 bits per heavy atom. The first-order valence-electron chi connectivity index (χ1n) is 11.5. The number of carbonyl (C=O) groups excluding carboxylic acids is 3. The fourth-order valence-corrected chi connectivity index (χ4v) is 6.26. The summed E-state index contributed by atoms with van der Waals surface area (Å²) in [4.78, 5) is 46.8. The molecule has 0 radical (unpaired) electrons. The second kappa shape index (κ2) is 8.02. The lowest BCUT2D eigenvalue weighted by atomic mass is 9.60. The van der Waals surface area contributed by atoms with Crippen molar-refractivity contribution in [2.24, 2.45) is 16.7 Å². The molecule has 0 aliphatic carbocycles. The molecule has 4 aliphatic heterocycles. The first kappa shape index (κ1) is 21.4. The predicted octanol–water partition coefficient (Wildman–Crippen LogP) is 1.26. The summed E-state index contributed by atoms with van der Waals surface area (Å²) >= 11 is 0. The van der Waals surface area contributed by atoms with Crippen LogP contribution in [0.1, 0.15) is 39.0 Å². The predicted molar refractivity (Wildman–Crippen MR) is 112 cm³/mol. The highest BCUT2D eigenvalue weighted by atomic mass is 16.5. The molecule has 4 saturated heterocycles. The molecule has 168 valence electrons. The van der Waals surface area contributed by atoms with E-state index in [2.05, 4.69) is 0 Å². The fraction of sp³-hybridized carbons (Fsp3) is 0.864. The van der Waals surface area contributed by atoms with Crippen LogP contribution in [0, 0.1) is 16.7 Å². The highest BCUT2D eigenvalue weighted by Gasteiger charge is 2.66. The second-order valence-electron chi connectivity index (χ2n) is 9.74. The molecule has 0 saturated carbocycles. The van der Waals surface area contributed by atoms with Crippen molar-refractivity contribution in [1.82, 2.24) is 19.6 Å². The van der Waals surface area contributed by atoms with Gasteiger partial charge in [-0.25, -0.2) is 4.79 Å². The molecule has 0 aromatic rings. The zero-order valence-electron chi connectivity index (χ0n) is 18.7. The van der Waals surface area contributed by atoms with Crippen LogP contribution >= 0.6 is 0 Å². The first-order chi connectivity index (χ1) is 14.3. The number of piperidine rings is 1. The molecule has 4 amide bonds. The van der Waals surface area contributed by atoms with Gasteiger partial charge in [-0.05, 0) is 39.0 Å². The molecule has 4 aliphatic rings. The Bertz CT molecular complexity index is 697. The van der Waals surface area contributed by atoms with E-state index in [0.717, 1.165) is 38.6 Å².